The summed E-state index contributed by atoms with van der Waals surface area (Å²) in [6.07, 6.45) is 4.52. The molecule has 2 rings (SSSR count). The molecule has 0 aliphatic carbocycles. The van der Waals surface area contributed by atoms with Gasteiger partial charge in [0.1, 0.15) is 11.2 Å². The van der Waals surface area contributed by atoms with E-state index < -0.39 is 0 Å². The molecule has 0 radical (unpaired) electrons. The van der Waals surface area contributed by atoms with Crippen LogP contribution in [0, 0.1) is 11.8 Å². The second-order valence-electron chi connectivity index (χ2n) is 8.35. The lowest BCUT2D eigenvalue weighted by atomic mass is 9.83. The highest BCUT2D eigenvalue weighted by Gasteiger charge is 2.48. The van der Waals surface area contributed by atoms with Crippen molar-refractivity contribution >= 4 is 11.8 Å². The zero-order chi connectivity index (χ0) is 18.8. The highest BCUT2D eigenvalue weighted by molar-refractivity contribution is 5.99. The van der Waals surface area contributed by atoms with Crippen LogP contribution in [-0.4, -0.2) is 35.1 Å². The summed E-state index contributed by atoms with van der Waals surface area (Å²) in [5.41, 5.74) is -0.320. The lowest BCUT2D eigenvalue weighted by molar-refractivity contribution is 0.0266. The SMILES string of the molecule is CCC1(CC)OC(CC2=N[C@H](C(C)C)C(CC)(CC)O2)=N[C@@H]1C(C)C. The average Bonchev–Trinajstić information content (AvgIpc) is 3.14. The van der Waals surface area contributed by atoms with Crippen LogP contribution in [-0.2, 0) is 9.47 Å². The van der Waals surface area contributed by atoms with E-state index in [9.17, 15) is 0 Å². The molecular formula is C21H38N2O2. The van der Waals surface area contributed by atoms with Crippen molar-refractivity contribution in [1.82, 2.24) is 0 Å². The van der Waals surface area contributed by atoms with Crippen molar-refractivity contribution in [2.45, 2.75) is 111 Å². The molecule has 0 aromatic carbocycles. The van der Waals surface area contributed by atoms with E-state index in [-0.39, 0.29) is 23.3 Å². The lowest BCUT2D eigenvalue weighted by Crippen LogP contribution is -2.42. The molecule has 0 aromatic heterocycles. The van der Waals surface area contributed by atoms with Gasteiger partial charge in [0.15, 0.2) is 11.8 Å². The minimum absolute atomic E-state index is 0.160. The molecule has 2 aliphatic rings. The largest absolute Gasteiger partial charge is 0.472 e. The predicted molar refractivity (Wildman–Crippen MR) is 106 cm³/mol. The third kappa shape index (κ3) is 3.59. The van der Waals surface area contributed by atoms with Crippen molar-refractivity contribution in [2.75, 3.05) is 0 Å². The lowest BCUT2D eigenvalue weighted by Gasteiger charge is -2.34. The van der Waals surface area contributed by atoms with E-state index in [0.717, 1.165) is 37.5 Å². The van der Waals surface area contributed by atoms with Gasteiger partial charge in [-0.1, -0.05) is 55.4 Å². The van der Waals surface area contributed by atoms with Gasteiger partial charge in [0.25, 0.3) is 0 Å². The molecule has 0 saturated carbocycles. The molecule has 0 aromatic rings. The summed E-state index contributed by atoms with van der Waals surface area (Å²) in [4.78, 5) is 9.90. The zero-order valence-electron chi connectivity index (χ0n) is 17.6. The van der Waals surface area contributed by atoms with Gasteiger partial charge < -0.3 is 9.47 Å². The standard InChI is InChI=1S/C21H38N2O2/c1-9-20(10-2)18(14(5)6)22-16(24-20)13-17-23-19(15(7)8)21(11-3,12-4)25-17/h14-15,18-19H,9-13H2,1-8H3/t18-,19-/m1/s1. The van der Waals surface area contributed by atoms with Crippen LogP contribution in [0.2, 0.25) is 0 Å². The van der Waals surface area contributed by atoms with E-state index in [4.69, 9.17) is 19.5 Å². The molecule has 4 nitrogen and oxygen atoms in total. The summed E-state index contributed by atoms with van der Waals surface area (Å²) in [5.74, 6) is 2.56. The molecule has 0 amide bonds. The van der Waals surface area contributed by atoms with Gasteiger partial charge in [-0.25, -0.2) is 9.98 Å². The monoisotopic (exact) mass is 350 g/mol. The van der Waals surface area contributed by atoms with Gasteiger partial charge in [0.2, 0.25) is 0 Å². The quantitative estimate of drug-likeness (QED) is 0.588. The van der Waals surface area contributed by atoms with Gasteiger partial charge >= 0.3 is 0 Å². The third-order valence-corrected chi connectivity index (χ3v) is 6.25. The smallest absolute Gasteiger partial charge is 0.193 e. The molecule has 0 fully saturated rings. The van der Waals surface area contributed by atoms with Crippen molar-refractivity contribution in [2.24, 2.45) is 21.8 Å². The Hall–Kier alpha value is -1.06. The van der Waals surface area contributed by atoms with Crippen molar-refractivity contribution in [3.63, 3.8) is 0 Å². The van der Waals surface area contributed by atoms with Crippen LogP contribution < -0.4 is 0 Å². The summed E-state index contributed by atoms with van der Waals surface area (Å²) < 4.78 is 12.8. The van der Waals surface area contributed by atoms with Crippen LogP contribution in [0.4, 0.5) is 0 Å². The molecule has 2 aliphatic heterocycles. The summed E-state index contributed by atoms with van der Waals surface area (Å²) in [7, 11) is 0. The van der Waals surface area contributed by atoms with Gasteiger partial charge in [-0.15, -0.1) is 0 Å². The van der Waals surface area contributed by atoms with E-state index in [2.05, 4.69) is 55.4 Å². The fourth-order valence-corrected chi connectivity index (χ4v) is 4.62. The first kappa shape index (κ1) is 20.3. The first-order valence-electron chi connectivity index (χ1n) is 10.3. The Morgan fingerprint density at radius 3 is 1.24 bits per heavy atom. The number of aliphatic imine (C=N–C) groups is 2. The van der Waals surface area contributed by atoms with Crippen molar-refractivity contribution in [3.8, 4) is 0 Å². The van der Waals surface area contributed by atoms with E-state index in [1.807, 2.05) is 0 Å². The zero-order valence-corrected chi connectivity index (χ0v) is 17.6. The molecule has 144 valence electrons. The van der Waals surface area contributed by atoms with Crippen molar-refractivity contribution in [1.29, 1.82) is 0 Å². The number of rotatable bonds is 8. The van der Waals surface area contributed by atoms with Crippen LogP contribution >= 0.6 is 0 Å². The molecule has 0 unspecified atom stereocenters. The second-order valence-corrected chi connectivity index (χ2v) is 8.35. The molecule has 25 heavy (non-hydrogen) atoms. The Morgan fingerprint density at radius 2 is 1.04 bits per heavy atom. The Labute approximate surface area is 154 Å². The summed E-state index contributed by atoms with van der Waals surface area (Å²) in [6.45, 7) is 17.8. The van der Waals surface area contributed by atoms with Crippen LogP contribution in [0.3, 0.4) is 0 Å². The highest BCUT2D eigenvalue weighted by Crippen LogP contribution is 2.40. The van der Waals surface area contributed by atoms with Gasteiger partial charge in [-0.2, -0.15) is 0 Å². The van der Waals surface area contributed by atoms with E-state index in [1.165, 1.54) is 0 Å². The number of hydrogen-bond acceptors (Lipinski definition) is 4. The van der Waals surface area contributed by atoms with Crippen LogP contribution in [0.25, 0.3) is 0 Å². The number of hydrogen-bond donors (Lipinski definition) is 0. The van der Waals surface area contributed by atoms with E-state index in [1.54, 1.807) is 0 Å². The number of ether oxygens (including phenoxy) is 2. The average molecular weight is 351 g/mol. The molecule has 4 heteroatoms. The summed E-state index contributed by atoms with van der Waals surface area (Å²) >= 11 is 0. The minimum Gasteiger partial charge on any atom is -0.472 e. The van der Waals surface area contributed by atoms with Crippen LogP contribution in [0.1, 0.15) is 87.5 Å². The normalized spacial score (nSPS) is 27.3. The van der Waals surface area contributed by atoms with Crippen molar-refractivity contribution < 1.29 is 9.47 Å². The molecule has 0 saturated heterocycles. The maximum absolute atomic E-state index is 6.40. The Balaban J connectivity index is 2.20. The topological polar surface area (TPSA) is 43.2 Å². The molecule has 2 atom stereocenters. The Kier molecular flexibility index (Phi) is 6.22. The Bertz CT molecular complexity index is 468. The van der Waals surface area contributed by atoms with Crippen LogP contribution in [0.5, 0.6) is 0 Å². The number of nitrogens with zero attached hydrogens (tertiary/aromatic N) is 2. The van der Waals surface area contributed by atoms with Crippen molar-refractivity contribution in [3.05, 3.63) is 0 Å². The molecular weight excluding hydrogens is 312 g/mol. The minimum atomic E-state index is -0.160. The molecule has 2 heterocycles. The fraction of sp³-hybridized carbons (Fsp3) is 0.905. The second kappa shape index (κ2) is 7.67. The fourth-order valence-electron chi connectivity index (χ4n) is 4.62. The first-order chi connectivity index (χ1) is 11.8. The molecule has 0 spiro atoms. The van der Waals surface area contributed by atoms with Gasteiger partial charge in [-0.3, -0.25) is 0 Å². The Morgan fingerprint density at radius 1 is 0.720 bits per heavy atom. The summed E-state index contributed by atoms with van der Waals surface area (Å²) in [6, 6.07) is 0.449. The molecule has 0 N–H and O–H groups in total. The predicted octanol–water partition coefficient (Wildman–Crippen LogP) is 5.40. The van der Waals surface area contributed by atoms with E-state index in [0.29, 0.717) is 18.3 Å². The van der Waals surface area contributed by atoms with Gasteiger partial charge in [0, 0.05) is 0 Å². The van der Waals surface area contributed by atoms with E-state index >= 15 is 0 Å². The van der Waals surface area contributed by atoms with Gasteiger partial charge in [-0.05, 0) is 37.5 Å². The third-order valence-electron chi connectivity index (χ3n) is 6.25. The first-order valence-corrected chi connectivity index (χ1v) is 10.3. The van der Waals surface area contributed by atoms with Crippen LogP contribution in [0.15, 0.2) is 9.98 Å². The maximum Gasteiger partial charge on any atom is 0.193 e. The molecule has 0 bridgehead atoms. The van der Waals surface area contributed by atoms with Gasteiger partial charge in [0.05, 0.1) is 18.5 Å². The highest BCUT2D eigenvalue weighted by atomic mass is 16.5. The maximum atomic E-state index is 6.40. The summed E-state index contributed by atoms with van der Waals surface area (Å²) in [5, 5.41) is 0.